The van der Waals surface area contributed by atoms with E-state index in [1.165, 1.54) is 25.3 Å². The molecule has 0 aliphatic carbocycles. The van der Waals surface area contributed by atoms with Gasteiger partial charge in [0, 0.05) is 30.2 Å². The molecule has 0 bridgehead atoms. The van der Waals surface area contributed by atoms with Crippen molar-refractivity contribution in [2.75, 3.05) is 13.1 Å². The van der Waals surface area contributed by atoms with Gasteiger partial charge in [-0.15, -0.1) is 24.0 Å². The quantitative estimate of drug-likeness (QED) is 0.256. The average Bonchev–Trinajstić information content (AvgIpc) is 2.89. The minimum atomic E-state index is -0.213. The maximum atomic E-state index is 13.3. The van der Waals surface area contributed by atoms with Gasteiger partial charge in [-0.25, -0.2) is 4.39 Å². The van der Waals surface area contributed by atoms with E-state index in [4.69, 9.17) is 5.73 Å². The van der Waals surface area contributed by atoms with Crippen molar-refractivity contribution in [3.63, 3.8) is 0 Å². The molecule has 0 saturated heterocycles. The van der Waals surface area contributed by atoms with Crippen molar-refractivity contribution < 1.29 is 4.39 Å². The summed E-state index contributed by atoms with van der Waals surface area (Å²) < 4.78 is 13.3. The van der Waals surface area contributed by atoms with Crippen LogP contribution in [0.1, 0.15) is 38.2 Å². The second-order valence-corrected chi connectivity index (χ2v) is 5.51. The number of hydrogen-bond acceptors (Lipinski definition) is 1. The van der Waals surface area contributed by atoms with E-state index < -0.39 is 0 Å². The number of aromatic nitrogens is 1. The molecule has 1 aromatic carbocycles. The normalized spacial score (nSPS) is 11.5. The van der Waals surface area contributed by atoms with E-state index in [-0.39, 0.29) is 29.8 Å². The minimum absolute atomic E-state index is 0. The predicted molar refractivity (Wildman–Crippen MR) is 106 cm³/mol. The molecule has 2 aromatic rings. The standard InChI is InChI=1S/C17H25FN4.HI/c1-2-3-4-5-9-20-17(19)21-10-8-13-12-22-16-7-6-14(18)11-15(13)16;/h6-7,11-12,22H,2-5,8-10H2,1H3,(H3,19,20,21);1H. The Kier molecular flexibility index (Phi) is 8.98. The largest absolute Gasteiger partial charge is 0.370 e. The second-order valence-electron chi connectivity index (χ2n) is 5.51. The first kappa shape index (κ1) is 19.7. The Labute approximate surface area is 154 Å². The zero-order valence-electron chi connectivity index (χ0n) is 13.6. The molecule has 4 nitrogen and oxygen atoms in total. The maximum Gasteiger partial charge on any atom is 0.188 e. The Bertz CT molecular complexity index is 624. The van der Waals surface area contributed by atoms with E-state index in [1.54, 1.807) is 12.1 Å². The summed E-state index contributed by atoms with van der Waals surface area (Å²) in [7, 11) is 0. The second kappa shape index (κ2) is 10.5. The molecular weight excluding hydrogens is 406 g/mol. The van der Waals surface area contributed by atoms with Crippen LogP contribution < -0.4 is 11.1 Å². The molecule has 0 atom stereocenters. The highest BCUT2D eigenvalue weighted by atomic mass is 127. The van der Waals surface area contributed by atoms with Crippen molar-refractivity contribution in [2.24, 2.45) is 10.7 Å². The van der Waals surface area contributed by atoms with Crippen molar-refractivity contribution in [1.82, 2.24) is 10.3 Å². The van der Waals surface area contributed by atoms with Gasteiger partial charge < -0.3 is 16.0 Å². The molecule has 6 heteroatoms. The lowest BCUT2D eigenvalue weighted by atomic mass is 10.1. The molecule has 0 radical (unpaired) electrons. The summed E-state index contributed by atoms with van der Waals surface area (Å²) in [6.07, 6.45) is 7.45. The first-order valence-electron chi connectivity index (χ1n) is 8.00. The number of unbranched alkanes of at least 4 members (excludes halogenated alkanes) is 3. The molecule has 0 amide bonds. The van der Waals surface area contributed by atoms with Crippen molar-refractivity contribution in [1.29, 1.82) is 0 Å². The maximum absolute atomic E-state index is 13.3. The van der Waals surface area contributed by atoms with Gasteiger partial charge in [-0.2, -0.15) is 0 Å². The number of aliphatic imine (C=N–C) groups is 1. The molecule has 0 unspecified atom stereocenters. The van der Waals surface area contributed by atoms with E-state index >= 15 is 0 Å². The first-order valence-corrected chi connectivity index (χ1v) is 8.00. The topological polar surface area (TPSA) is 66.2 Å². The van der Waals surface area contributed by atoms with E-state index in [9.17, 15) is 4.39 Å². The number of nitrogens with one attached hydrogen (secondary N) is 2. The Morgan fingerprint density at radius 2 is 2.13 bits per heavy atom. The smallest absolute Gasteiger partial charge is 0.188 e. The van der Waals surface area contributed by atoms with Crippen molar-refractivity contribution in [3.05, 3.63) is 35.8 Å². The fourth-order valence-electron chi connectivity index (χ4n) is 2.48. The lowest BCUT2D eigenvalue weighted by Gasteiger charge is -2.05. The molecule has 0 aliphatic rings. The molecule has 1 heterocycles. The van der Waals surface area contributed by atoms with Crippen LogP contribution >= 0.6 is 24.0 Å². The summed E-state index contributed by atoms with van der Waals surface area (Å²) in [5, 5.41) is 4.04. The highest BCUT2D eigenvalue weighted by Gasteiger charge is 2.04. The number of guanidine groups is 1. The third kappa shape index (κ3) is 6.37. The number of nitrogens with two attached hydrogens (primary N) is 1. The molecular formula is C17H26FIN4. The molecule has 23 heavy (non-hydrogen) atoms. The summed E-state index contributed by atoms with van der Waals surface area (Å²) in [4.78, 5) is 7.46. The van der Waals surface area contributed by atoms with E-state index in [0.717, 1.165) is 35.9 Å². The van der Waals surface area contributed by atoms with Crippen LogP contribution in [0.3, 0.4) is 0 Å². The third-order valence-corrected chi connectivity index (χ3v) is 3.72. The van der Waals surface area contributed by atoms with Crippen LogP contribution in [0.5, 0.6) is 0 Å². The summed E-state index contributed by atoms with van der Waals surface area (Å²) in [5.41, 5.74) is 7.87. The van der Waals surface area contributed by atoms with Crippen LogP contribution in [0.4, 0.5) is 4.39 Å². The minimum Gasteiger partial charge on any atom is -0.370 e. The summed E-state index contributed by atoms with van der Waals surface area (Å²) in [6.45, 7) is 3.65. The number of rotatable bonds is 8. The van der Waals surface area contributed by atoms with Gasteiger partial charge in [0.1, 0.15) is 5.82 Å². The van der Waals surface area contributed by atoms with Gasteiger partial charge in [0.2, 0.25) is 0 Å². The summed E-state index contributed by atoms with van der Waals surface area (Å²) in [6, 6.07) is 4.78. The lowest BCUT2D eigenvalue weighted by Crippen LogP contribution is -2.33. The van der Waals surface area contributed by atoms with Gasteiger partial charge in [-0.3, -0.25) is 4.99 Å². The van der Waals surface area contributed by atoms with E-state index in [1.807, 2.05) is 6.20 Å². The highest BCUT2D eigenvalue weighted by Crippen LogP contribution is 2.19. The van der Waals surface area contributed by atoms with Crippen LogP contribution in [0.15, 0.2) is 29.4 Å². The van der Waals surface area contributed by atoms with Crippen LogP contribution in [0.25, 0.3) is 10.9 Å². The Hall–Kier alpha value is -1.31. The van der Waals surface area contributed by atoms with Crippen LogP contribution in [0.2, 0.25) is 0 Å². The zero-order valence-corrected chi connectivity index (χ0v) is 15.9. The zero-order chi connectivity index (χ0) is 15.8. The lowest BCUT2D eigenvalue weighted by molar-refractivity contribution is 0.629. The summed E-state index contributed by atoms with van der Waals surface area (Å²) >= 11 is 0. The summed E-state index contributed by atoms with van der Waals surface area (Å²) in [5.74, 6) is 0.275. The highest BCUT2D eigenvalue weighted by molar-refractivity contribution is 14.0. The number of H-pyrrole nitrogens is 1. The van der Waals surface area contributed by atoms with Gasteiger partial charge >= 0.3 is 0 Å². The third-order valence-electron chi connectivity index (χ3n) is 3.72. The molecule has 0 fully saturated rings. The Morgan fingerprint density at radius 3 is 2.91 bits per heavy atom. The van der Waals surface area contributed by atoms with Gasteiger partial charge in [0.25, 0.3) is 0 Å². The predicted octanol–water partition coefficient (Wildman–Crippen LogP) is 3.95. The first-order chi connectivity index (χ1) is 10.7. The van der Waals surface area contributed by atoms with Crippen molar-refractivity contribution in [3.8, 4) is 0 Å². The number of hydrogen-bond donors (Lipinski definition) is 3. The fraction of sp³-hybridized carbons (Fsp3) is 0.471. The average molecular weight is 432 g/mol. The molecule has 2 rings (SSSR count). The molecule has 1 aromatic heterocycles. The SMILES string of the molecule is CCCCCCN=C(N)NCCc1c[nH]c2ccc(F)cc12.I. The van der Waals surface area contributed by atoms with E-state index in [2.05, 4.69) is 22.2 Å². The number of nitrogens with zero attached hydrogens (tertiary/aromatic N) is 1. The Balaban J connectivity index is 0.00000264. The monoisotopic (exact) mass is 432 g/mol. The van der Waals surface area contributed by atoms with Gasteiger partial charge in [0.05, 0.1) is 0 Å². The number of benzene rings is 1. The molecule has 128 valence electrons. The number of halogens is 2. The van der Waals surface area contributed by atoms with Crippen LogP contribution in [-0.4, -0.2) is 24.0 Å². The van der Waals surface area contributed by atoms with Crippen LogP contribution in [0, 0.1) is 5.82 Å². The van der Waals surface area contributed by atoms with Gasteiger partial charge in [-0.1, -0.05) is 26.2 Å². The molecule has 0 saturated carbocycles. The van der Waals surface area contributed by atoms with E-state index in [0.29, 0.717) is 12.5 Å². The van der Waals surface area contributed by atoms with Crippen molar-refractivity contribution in [2.45, 2.75) is 39.0 Å². The fourth-order valence-corrected chi connectivity index (χ4v) is 2.48. The number of aromatic amines is 1. The molecule has 0 aliphatic heterocycles. The molecule has 0 spiro atoms. The van der Waals surface area contributed by atoms with Gasteiger partial charge in [0.15, 0.2) is 5.96 Å². The number of fused-ring (bicyclic) bond motifs is 1. The van der Waals surface area contributed by atoms with Crippen LogP contribution in [-0.2, 0) is 6.42 Å². The molecule has 4 N–H and O–H groups in total. The van der Waals surface area contributed by atoms with Crippen molar-refractivity contribution >= 4 is 40.8 Å². The Morgan fingerprint density at radius 1 is 1.30 bits per heavy atom. The van der Waals surface area contributed by atoms with Gasteiger partial charge in [-0.05, 0) is 36.6 Å².